The van der Waals surface area contributed by atoms with Crippen LogP contribution in [0.25, 0.3) is 5.57 Å². The van der Waals surface area contributed by atoms with E-state index < -0.39 is 0 Å². The molecule has 0 unspecified atom stereocenters. The van der Waals surface area contributed by atoms with Crippen LogP contribution in [0.2, 0.25) is 0 Å². The Morgan fingerprint density at radius 1 is 0.923 bits per heavy atom. The average molecular weight is 524 g/mol. The van der Waals surface area contributed by atoms with Crippen molar-refractivity contribution in [2.75, 3.05) is 5.32 Å². The lowest BCUT2D eigenvalue weighted by molar-refractivity contribution is 0.348. The third kappa shape index (κ3) is 7.50. The summed E-state index contributed by atoms with van der Waals surface area (Å²) in [6.45, 7) is 11.1. The number of aliphatic imine (C=N–C) groups is 1. The topological polar surface area (TPSA) is 37.3 Å². The number of rotatable bonds is 7. The Labute approximate surface area is 237 Å². The second-order valence-electron chi connectivity index (χ2n) is 12.6. The van der Waals surface area contributed by atoms with E-state index in [0.29, 0.717) is 5.92 Å². The molecule has 1 aliphatic heterocycles. The van der Waals surface area contributed by atoms with Crippen LogP contribution in [0.1, 0.15) is 119 Å². The van der Waals surface area contributed by atoms with Gasteiger partial charge in [0.1, 0.15) is 5.82 Å². The predicted molar refractivity (Wildman–Crippen MR) is 167 cm³/mol. The van der Waals surface area contributed by atoms with Gasteiger partial charge in [-0.1, -0.05) is 70.7 Å². The first kappa shape index (κ1) is 27.9. The smallest absolute Gasteiger partial charge is 0.130 e. The van der Waals surface area contributed by atoms with E-state index in [1.165, 1.54) is 98.6 Å². The van der Waals surface area contributed by atoms with Gasteiger partial charge in [-0.2, -0.15) is 0 Å². The van der Waals surface area contributed by atoms with Crippen molar-refractivity contribution in [1.29, 1.82) is 0 Å². The van der Waals surface area contributed by atoms with Crippen molar-refractivity contribution in [2.45, 2.75) is 110 Å². The van der Waals surface area contributed by atoms with Crippen LogP contribution < -0.4 is 5.32 Å². The molecule has 3 saturated carbocycles. The maximum absolute atomic E-state index is 4.62. The number of aromatic nitrogens is 1. The predicted octanol–water partition coefficient (Wildman–Crippen LogP) is 10.0. The van der Waals surface area contributed by atoms with E-state index in [1.54, 1.807) is 5.56 Å². The molecule has 3 heteroatoms. The number of aryl methyl sites for hydroxylation is 2. The number of allylic oxidation sites excluding steroid dienone is 2. The Hall–Kier alpha value is -2.68. The van der Waals surface area contributed by atoms with Crippen LogP contribution in [0.5, 0.6) is 0 Å². The molecule has 1 aromatic heterocycles. The number of nitrogens with zero attached hydrogens (tertiary/aromatic N) is 2. The molecule has 0 saturated heterocycles. The molecule has 0 atom stereocenters. The fraction of sp³-hybridized carbons (Fsp3) is 0.556. The summed E-state index contributed by atoms with van der Waals surface area (Å²) < 4.78 is 0. The van der Waals surface area contributed by atoms with E-state index in [0.717, 1.165) is 42.1 Å². The van der Waals surface area contributed by atoms with Gasteiger partial charge in [0.2, 0.25) is 0 Å². The van der Waals surface area contributed by atoms with Gasteiger partial charge in [0.15, 0.2) is 0 Å². The number of benzene rings is 1. The molecule has 0 radical (unpaired) electrons. The molecule has 1 aromatic carbocycles. The van der Waals surface area contributed by atoms with Crippen LogP contribution in [0.15, 0.2) is 60.0 Å². The summed E-state index contributed by atoms with van der Waals surface area (Å²) in [7, 11) is 0. The molecule has 208 valence electrons. The molecule has 4 aliphatic rings. The van der Waals surface area contributed by atoms with Crippen molar-refractivity contribution in [3.05, 3.63) is 77.3 Å². The Kier molecular flexibility index (Phi) is 9.37. The second kappa shape index (κ2) is 13.1. The van der Waals surface area contributed by atoms with Gasteiger partial charge in [0.25, 0.3) is 0 Å². The molecule has 2 heterocycles. The van der Waals surface area contributed by atoms with Gasteiger partial charge in [-0.25, -0.2) is 4.98 Å². The van der Waals surface area contributed by atoms with Gasteiger partial charge < -0.3 is 5.32 Å². The van der Waals surface area contributed by atoms with Gasteiger partial charge in [-0.05, 0) is 116 Å². The first-order chi connectivity index (χ1) is 19.0. The Bertz CT molecular complexity index is 1190. The maximum Gasteiger partial charge on any atom is 0.130 e. The summed E-state index contributed by atoms with van der Waals surface area (Å²) in [4.78, 5) is 9.09. The normalized spacial score (nSPS) is 23.4. The lowest BCUT2D eigenvalue weighted by atomic mass is 9.79. The number of anilines is 1. The molecule has 0 bridgehead atoms. The summed E-state index contributed by atoms with van der Waals surface area (Å²) in [6.07, 6.45) is 20.9. The minimum Gasteiger partial charge on any atom is -0.344 e. The fourth-order valence-electron chi connectivity index (χ4n) is 6.67. The molecular formula is C36H49N3. The lowest BCUT2D eigenvalue weighted by Crippen LogP contribution is -2.14. The molecular weight excluding hydrogens is 474 g/mol. The van der Waals surface area contributed by atoms with E-state index in [9.17, 15) is 0 Å². The third-order valence-corrected chi connectivity index (χ3v) is 9.56. The molecule has 3 aliphatic carbocycles. The summed E-state index contributed by atoms with van der Waals surface area (Å²) >= 11 is 0. The molecule has 3 fully saturated rings. The van der Waals surface area contributed by atoms with Crippen LogP contribution in [0.3, 0.4) is 0 Å². The van der Waals surface area contributed by atoms with Crippen molar-refractivity contribution < 1.29 is 0 Å². The van der Waals surface area contributed by atoms with Crippen molar-refractivity contribution >= 4 is 17.1 Å². The zero-order valence-electron chi connectivity index (χ0n) is 24.6. The van der Waals surface area contributed by atoms with Gasteiger partial charge in [0.05, 0.1) is 0 Å². The quantitative estimate of drug-likeness (QED) is 0.392. The second-order valence-corrected chi connectivity index (χ2v) is 12.6. The number of pyridine rings is 1. The molecule has 2 aromatic rings. The summed E-state index contributed by atoms with van der Waals surface area (Å²) in [6, 6.07) is 11.4. The van der Waals surface area contributed by atoms with Crippen molar-refractivity contribution in [3.63, 3.8) is 0 Å². The highest BCUT2D eigenvalue weighted by Crippen LogP contribution is 2.38. The zero-order chi connectivity index (χ0) is 27.2. The van der Waals surface area contributed by atoms with Crippen LogP contribution in [-0.2, 0) is 6.42 Å². The van der Waals surface area contributed by atoms with Crippen LogP contribution in [0.4, 0.5) is 5.82 Å². The van der Waals surface area contributed by atoms with E-state index in [4.69, 9.17) is 0 Å². The van der Waals surface area contributed by atoms with Gasteiger partial charge in [-0.15, -0.1) is 0 Å². The minimum absolute atomic E-state index is 0.602. The molecule has 0 amide bonds. The van der Waals surface area contributed by atoms with Gasteiger partial charge in [-0.3, -0.25) is 4.99 Å². The standard InChI is InChI=1S/C20H25N3.C16H24/c1-14(15-5-3-2-4-6-15)23-20-12-17(9-10-21-20)18-11-19(22-13-18)16-7-8-16;1-4-14-9-10-16(11-13(14)3)15-7-5-12(2)6-8-15/h9-10,12-13,15-16H,1-8,11H2,(H,21,23);9-12,15H,4-8H2,1-3H3. The van der Waals surface area contributed by atoms with E-state index >= 15 is 0 Å². The summed E-state index contributed by atoms with van der Waals surface area (Å²) in [5, 5.41) is 3.45. The van der Waals surface area contributed by atoms with Crippen LogP contribution >= 0.6 is 0 Å². The summed E-state index contributed by atoms with van der Waals surface area (Å²) in [5.41, 5.74) is 9.63. The Morgan fingerprint density at radius 3 is 2.36 bits per heavy atom. The van der Waals surface area contributed by atoms with E-state index in [2.05, 4.69) is 73.0 Å². The van der Waals surface area contributed by atoms with Gasteiger partial charge >= 0.3 is 0 Å². The Morgan fingerprint density at radius 2 is 1.67 bits per heavy atom. The maximum atomic E-state index is 4.62. The molecule has 1 N–H and O–H groups in total. The average Bonchev–Trinajstić information content (AvgIpc) is 3.70. The number of hydrogen-bond acceptors (Lipinski definition) is 3. The van der Waals surface area contributed by atoms with Crippen molar-refractivity contribution in [1.82, 2.24) is 4.98 Å². The highest BCUT2D eigenvalue weighted by molar-refractivity contribution is 6.00. The Balaban J connectivity index is 0.000000169. The number of hydrogen-bond donors (Lipinski definition) is 1. The SMILES string of the molecule is C=C(Nc1cc(C2=CN=C(C3CC3)C2)ccn1)C1CCCCC1.CCc1ccc(C2CCC(C)CC2)cc1C. The van der Waals surface area contributed by atoms with E-state index in [-0.39, 0.29) is 0 Å². The zero-order valence-corrected chi connectivity index (χ0v) is 24.6. The molecule has 0 spiro atoms. The monoisotopic (exact) mass is 523 g/mol. The molecule has 3 nitrogen and oxygen atoms in total. The fourth-order valence-corrected chi connectivity index (χ4v) is 6.67. The van der Waals surface area contributed by atoms with Crippen LogP contribution in [0, 0.1) is 24.7 Å². The minimum atomic E-state index is 0.602. The van der Waals surface area contributed by atoms with Crippen LogP contribution in [-0.4, -0.2) is 10.7 Å². The van der Waals surface area contributed by atoms with Crippen molar-refractivity contribution in [2.24, 2.45) is 22.7 Å². The molecule has 39 heavy (non-hydrogen) atoms. The highest BCUT2D eigenvalue weighted by atomic mass is 15.0. The third-order valence-electron chi connectivity index (χ3n) is 9.56. The first-order valence-electron chi connectivity index (χ1n) is 15.8. The highest BCUT2D eigenvalue weighted by Gasteiger charge is 2.29. The lowest BCUT2D eigenvalue weighted by Gasteiger charge is -2.27. The first-order valence-corrected chi connectivity index (χ1v) is 15.8. The van der Waals surface area contributed by atoms with Crippen molar-refractivity contribution in [3.8, 4) is 0 Å². The largest absolute Gasteiger partial charge is 0.344 e. The summed E-state index contributed by atoms with van der Waals surface area (Å²) in [5.74, 6) is 4.06. The molecule has 6 rings (SSSR count). The van der Waals surface area contributed by atoms with Gasteiger partial charge in [0, 0.05) is 30.2 Å². The number of nitrogens with one attached hydrogen (secondary N) is 1. The van der Waals surface area contributed by atoms with E-state index in [1.807, 2.05) is 12.4 Å².